The first-order chi connectivity index (χ1) is 12.2. The first-order valence-electron chi connectivity index (χ1n) is 8.92. The third kappa shape index (κ3) is 18.4. The predicted octanol–water partition coefficient (Wildman–Crippen LogP) is 3.43. The molecule has 0 radical (unpaired) electrons. The molecule has 0 heterocycles. The molecule has 7 nitrogen and oxygen atoms in total. The van der Waals surface area contributed by atoms with Gasteiger partial charge in [0.2, 0.25) is 0 Å². The van der Waals surface area contributed by atoms with Crippen molar-refractivity contribution < 1.29 is 27.4 Å². The highest BCUT2D eigenvalue weighted by Crippen LogP contribution is 2.14. The third-order valence-corrected chi connectivity index (χ3v) is 2.84. The molecule has 0 aliphatic rings. The number of guanidine groups is 1. The molecule has 0 aromatic rings. The lowest BCUT2D eigenvalue weighted by Gasteiger charge is -2.27. The summed E-state index contributed by atoms with van der Waals surface area (Å²) in [6.07, 6.45) is -4.43. The van der Waals surface area contributed by atoms with Gasteiger partial charge in [-0.2, -0.15) is 13.2 Å². The summed E-state index contributed by atoms with van der Waals surface area (Å²) < 4.78 is 45.7. The lowest BCUT2D eigenvalue weighted by atomic mass is 10.1. The maximum Gasteiger partial charge on any atom is 0.411 e. The molecule has 3 N–H and O–H groups in total. The number of hydrogen-bond donors (Lipinski definition) is 3. The van der Waals surface area contributed by atoms with E-state index in [0.717, 1.165) is 0 Å². The molecule has 0 unspecified atom stereocenters. The monoisotopic (exact) mass is 526 g/mol. The van der Waals surface area contributed by atoms with Crippen LogP contribution in [0.1, 0.15) is 48.0 Å². The molecular formula is C17H34F3IN4O3. The van der Waals surface area contributed by atoms with Gasteiger partial charge in [-0.15, -0.1) is 24.0 Å². The molecule has 0 spiro atoms. The first-order valence-corrected chi connectivity index (χ1v) is 8.92. The van der Waals surface area contributed by atoms with Crippen LogP contribution in [0, 0.1) is 0 Å². The Kier molecular flexibility index (Phi) is 13.9. The lowest BCUT2D eigenvalue weighted by molar-refractivity contribution is -0.173. The Morgan fingerprint density at radius 1 is 1.07 bits per heavy atom. The van der Waals surface area contributed by atoms with E-state index >= 15 is 0 Å². The number of rotatable bonds is 9. The van der Waals surface area contributed by atoms with Crippen molar-refractivity contribution in [2.75, 3.05) is 32.8 Å². The summed E-state index contributed by atoms with van der Waals surface area (Å²) in [6.45, 7) is 10.9. The van der Waals surface area contributed by atoms with Crippen LogP contribution in [-0.2, 0) is 9.47 Å². The van der Waals surface area contributed by atoms with Gasteiger partial charge in [0.1, 0.15) is 12.2 Å². The molecular weight excluding hydrogens is 492 g/mol. The average molecular weight is 526 g/mol. The van der Waals surface area contributed by atoms with E-state index in [4.69, 9.17) is 4.74 Å². The summed E-state index contributed by atoms with van der Waals surface area (Å²) >= 11 is 0. The van der Waals surface area contributed by atoms with Gasteiger partial charge < -0.3 is 25.4 Å². The van der Waals surface area contributed by atoms with Crippen molar-refractivity contribution in [1.82, 2.24) is 16.0 Å². The minimum absolute atomic E-state index is 0. The molecule has 168 valence electrons. The molecule has 0 atom stereocenters. The third-order valence-electron chi connectivity index (χ3n) is 2.84. The fourth-order valence-corrected chi connectivity index (χ4v) is 1.81. The first kappa shape index (κ1) is 29.2. The molecule has 0 aliphatic heterocycles. The van der Waals surface area contributed by atoms with Crippen LogP contribution in [0.2, 0.25) is 0 Å². The number of hydrogen-bond acceptors (Lipinski definition) is 4. The van der Waals surface area contributed by atoms with E-state index < -0.39 is 30.0 Å². The van der Waals surface area contributed by atoms with E-state index in [9.17, 15) is 18.0 Å². The van der Waals surface area contributed by atoms with Crippen molar-refractivity contribution in [2.45, 2.75) is 65.3 Å². The molecule has 0 fully saturated rings. The Hall–Kier alpha value is -0.980. The smallest absolute Gasteiger partial charge is 0.411 e. The molecule has 0 aromatic heterocycles. The summed E-state index contributed by atoms with van der Waals surface area (Å²) in [4.78, 5) is 16.3. The number of ether oxygens (including phenoxy) is 2. The maximum atomic E-state index is 12.0. The second-order valence-electron chi connectivity index (χ2n) is 7.65. The fraction of sp³-hybridized carbons (Fsp3) is 0.882. The Bertz CT molecular complexity index is 481. The Morgan fingerprint density at radius 3 is 2.18 bits per heavy atom. The highest BCUT2D eigenvalue weighted by Gasteiger charge is 2.27. The highest BCUT2D eigenvalue weighted by atomic mass is 127. The molecule has 1 amide bonds. The molecule has 0 saturated carbocycles. The van der Waals surface area contributed by atoms with Crippen LogP contribution in [-0.4, -0.2) is 62.2 Å². The summed E-state index contributed by atoms with van der Waals surface area (Å²) in [6, 6.07) is 0. The van der Waals surface area contributed by atoms with Crippen molar-refractivity contribution in [3.63, 3.8) is 0 Å². The van der Waals surface area contributed by atoms with Gasteiger partial charge >= 0.3 is 12.3 Å². The summed E-state index contributed by atoms with van der Waals surface area (Å²) in [5.41, 5.74) is -1.23. The maximum absolute atomic E-state index is 12.0. The SMILES string of the molecule is CCNC(=NCC(C)(C)NC(=O)OC(C)(C)C)NCCCOCC(F)(F)F.I. The summed E-state index contributed by atoms with van der Waals surface area (Å²) in [7, 11) is 0. The zero-order valence-electron chi connectivity index (χ0n) is 17.5. The van der Waals surface area contributed by atoms with Crippen LogP contribution < -0.4 is 16.0 Å². The van der Waals surface area contributed by atoms with E-state index in [2.05, 4.69) is 25.7 Å². The Balaban J connectivity index is 0. The van der Waals surface area contributed by atoms with Gasteiger partial charge in [0.05, 0.1) is 12.1 Å². The summed E-state index contributed by atoms with van der Waals surface area (Å²) in [5.74, 6) is 0.507. The normalized spacial score (nSPS) is 12.8. The zero-order valence-corrected chi connectivity index (χ0v) is 19.8. The van der Waals surface area contributed by atoms with Gasteiger partial charge in [0, 0.05) is 19.7 Å². The highest BCUT2D eigenvalue weighted by molar-refractivity contribution is 14.0. The topological polar surface area (TPSA) is 84.0 Å². The Morgan fingerprint density at radius 2 is 1.68 bits per heavy atom. The number of alkyl halides is 3. The van der Waals surface area contributed by atoms with E-state index in [-0.39, 0.29) is 37.1 Å². The molecule has 0 saturated heterocycles. The zero-order chi connectivity index (χ0) is 21.1. The second kappa shape index (κ2) is 13.3. The molecule has 0 bridgehead atoms. The molecule has 0 aliphatic carbocycles. The van der Waals surface area contributed by atoms with Crippen LogP contribution in [0.3, 0.4) is 0 Å². The van der Waals surface area contributed by atoms with Crippen LogP contribution in [0.15, 0.2) is 4.99 Å². The van der Waals surface area contributed by atoms with E-state index in [0.29, 0.717) is 25.5 Å². The number of amides is 1. The molecule has 0 aromatic carbocycles. The van der Waals surface area contributed by atoms with Gasteiger partial charge in [0.15, 0.2) is 5.96 Å². The largest absolute Gasteiger partial charge is 0.444 e. The minimum atomic E-state index is -4.31. The number of carbonyl (C=O) groups excluding carboxylic acids is 1. The molecule has 28 heavy (non-hydrogen) atoms. The fourth-order valence-electron chi connectivity index (χ4n) is 1.81. The van der Waals surface area contributed by atoms with Gasteiger partial charge in [-0.05, 0) is 48.0 Å². The van der Waals surface area contributed by atoms with Gasteiger partial charge in [0.25, 0.3) is 0 Å². The van der Waals surface area contributed by atoms with Gasteiger partial charge in [-0.3, -0.25) is 4.99 Å². The molecule has 0 rings (SSSR count). The second-order valence-corrected chi connectivity index (χ2v) is 7.65. The van der Waals surface area contributed by atoms with E-state index in [1.807, 2.05) is 20.8 Å². The van der Waals surface area contributed by atoms with E-state index in [1.54, 1.807) is 20.8 Å². The number of nitrogens with one attached hydrogen (secondary N) is 3. The van der Waals surface area contributed by atoms with Crippen molar-refractivity contribution in [3.05, 3.63) is 0 Å². The standard InChI is InChI=1S/C17H33F3N4O3.HI/c1-7-21-13(22-9-8-10-26-12-17(18,19)20)23-11-16(5,6)24-14(25)27-15(2,3)4;/h7-12H2,1-6H3,(H,24,25)(H2,21,22,23);1H. The molecule has 11 heteroatoms. The van der Waals surface area contributed by atoms with Gasteiger partial charge in [-0.25, -0.2) is 4.79 Å². The average Bonchev–Trinajstić information content (AvgIpc) is 2.44. The van der Waals surface area contributed by atoms with Crippen molar-refractivity contribution in [2.24, 2.45) is 4.99 Å². The van der Waals surface area contributed by atoms with Crippen LogP contribution in [0.5, 0.6) is 0 Å². The lowest BCUT2D eigenvalue weighted by Crippen LogP contribution is -2.49. The van der Waals surface area contributed by atoms with Gasteiger partial charge in [-0.1, -0.05) is 0 Å². The Labute approximate surface area is 182 Å². The number of carbonyl (C=O) groups is 1. The van der Waals surface area contributed by atoms with Crippen molar-refractivity contribution >= 4 is 36.0 Å². The quantitative estimate of drug-likeness (QED) is 0.186. The number of nitrogens with zero attached hydrogens (tertiary/aromatic N) is 1. The number of alkyl carbamates (subject to hydrolysis) is 1. The van der Waals surface area contributed by atoms with Crippen LogP contribution in [0.25, 0.3) is 0 Å². The van der Waals surface area contributed by atoms with Crippen LogP contribution >= 0.6 is 24.0 Å². The number of aliphatic imine (C=N–C) groups is 1. The van der Waals surface area contributed by atoms with Crippen molar-refractivity contribution in [1.29, 1.82) is 0 Å². The van der Waals surface area contributed by atoms with Crippen LogP contribution in [0.4, 0.5) is 18.0 Å². The van der Waals surface area contributed by atoms with Crippen molar-refractivity contribution in [3.8, 4) is 0 Å². The number of halogens is 4. The van der Waals surface area contributed by atoms with E-state index in [1.165, 1.54) is 0 Å². The summed E-state index contributed by atoms with van der Waals surface area (Å²) in [5, 5.41) is 8.81. The minimum Gasteiger partial charge on any atom is -0.444 e. The predicted molar refractivity (Wildman–Crippen MR) is 114 cm³/mol.